The molecule has 2 nitrogen and oxygen atoms in total. The Morgan fingerprint density at radius 2 is 1.04 bits per heavy atom. The van der Waals surface area contributed by atoms with Crippen LogP contribution in [-0.4, -0.2) is 12.6 Å². The molecule has 0 amide bonds. The van der Waals surface area contributed by atoms with Gasteiger partial charge in [0, 0.05) is 12.5 Å². The normalized spacial score (nSPS) is 10.9. The Labute approximate surface area is 170 Å². The first kappa shape index (κ1) is 21.9. The summed E-state index contributed by atoms with van der Waals surface area (Å²) in [7, 11) is 0. The summed E-state index contributed by atoms with van der Waals surface area (Å²) in [5.41, 5.74) is 16.2. The number of hydrogen-bond acceptors (Lipinski definition) is 2. The number of hydrogen-bond donors (Lipinski definition) is 0. The Morgan fingerprint density at radius 3 is 1.43 bits per heavy atom. The van der Waals surface area contributed by atoms with Crippen molar-refractivity contribution in [1.29, 1.82) is 0 Å². The van der Waals surface area contributed by atoms with Crippen LogP contribution in [0.1, 0.15) is 55.6 Å². The van der Waals surface area contributed by atoms with Gasteiger partial charge in [-0.2, -0.15) is 0 Å². The zero-order valence-corrected chi connectivity index (χ0v) is 19.0. The van der Waals surface area contributed by atoms with Crippen LogP contribution in [-0.2, 0) is 16.0 Å². The molecule has 0 atom stereocenters. The average molecular weight is 379 g/mol. The first-order valence-corrected chi connectivity index (χ1v) is 10.00. The summed E-state index contributed by atoms with van der Waals surface area (Å²) >= 11 is 0. The van der Waals surface area contributed by atoms with E-state index < -0.39 is 0 Å². The summed E-state index contributed by atoms with van der Waals surface area (Å²) in [6, 6.07) is 0. The summed E-state index contributed by atoms with van der Waals surface area (Å²) < 4.78 is 5.23. The molecule has 150 valence electrons. The molecule has 0 aliphatic heterocycles. The van der Waals surface area contributed by atoms with Crippen LogP contribution in [0.5, 0.6) is 0 Å². The standard InChI is InChI=1S/C26H34O2/c1-11-24(27)28-13-12-23-17(5)21(9)26(22(10)18(23)6)25-19(7)15(3)14(2)16(4)20(25)8/h11H,1,12-13H2,2-10H3. The lowest BCUT2D eigenvalue weighted by Crippen LogP contribution is -2.10. The Balaban J connectivity index is 2.67. The number of carbonyl (C=O) groups is 1. The van der Waals surface area contributed by atoms with Crippen LogP contribution in [0.4, 0.5) is 0 Å². The molecule has 2 aromatic carbocycles. The maximum atomic E-state index is 11.4. The topological polar surface area (TPSA) is 26.3 Å². The van der Waals surface area contributed by atoms with Gasteiger partial charge in [-0.3, -0.25) is 0 Å². The van der Waals surface area contributed by atoms with Crippen molar-refractivity contribution in [2.45, 2.75) is 68.7 Å². The van der Waals surface area contributed by atoms with Gasteiger partial charge in [-0.25, -0.2) is 4.79 Å². The molecule has 0 radical (unpaired) electrons. The largest absolute Gasteiger partial charge is 0.462 e. The zero-order valence-electron chi connectivity index (χ0n) is 19.0. The first-order chi connectivity index (χ1) is 13.0. The molecule has 0 bridgehead atoms. The van der Waals surface area contributed by atoms with E-state index in [1.807, 2.05) is 0 Å². The van der Waals surface area contributed by atoms with Crippen molar-refractivity contribution in [1.82, 2.24) is 0 Å². The second-order valence-corrected chi connectivity index (χ2v) is 7.98. The van der Waals surface area contributed by atoms with Crippen molar-refractivity contribution in [3.63, 3.8) is 0 Å². The molecule has 0 fully saturated rings. The Hall–Kier alpha value is -2.35. The minimum absolute atomic E-state index is 0.364. The van der Waals surface area contributed by atoms with Crippen LogP contribution < -0.4 is 0 Å². The molecule has 0 aliphatic rings. The quantitative estimate of drug-likeness (QED) is 0.444. The number of carbonyl (C=O) groups excluding carboxylic acids is 1. The van der Waals surface area contributed by atoms with E-state index in [1.54, 1.807) is 0 Å². The summed E-state index contributed by atoms with van der Waals surface area (Å²) in [6.07, 6.45) is 1.94. The van der Waals surface area contributed by atoms with Crippen LogP contribution in [0.3, 0.4) is 0 Å². The predicted molar refractivity (Wildman–Crippen MR) is 119 cm³/mol. The summed E-state index contributed by atoms with van der Waals surface area (Å²) in [6.45, 7) is 23.8. The first-order valence-electron chi connectivity index (χ1n) is 10.00. The van der Waals surface area contributed by atoms with Gasteiger partial charge in [-0.1, -0.05) is 6.58 Å². The van der Waals surface area contributed by atoms with Crippen LogP contribution in [0, 0.1) is 62.3 Å². The Kier molecular flexibility index (Phi) is 6.54. The molecule has 0 N–H and O–H groups in total. The molecule has 2 rings (SSSR count). The average Bonchev–Trinajstić information content (AvgIpc) is 2.68. The van der Waals surface area contributed by atoms with Gasteiger partial charge >= 0.3 is 5.97 Å². The molecule has 0 aromatic heterocycles. The van der Waals surface area contributed by atoms with Crippen molar-refractivity contribution in [2.24, 2.45) is 0 Å². The van der Waals surface area contributed by atoms with E-state index >= 15 is 0 Å². The lowest BCUT2D eigenvalue weighted by Gasteiger charge is -2.25. The minimum atomic E-state index is -0.364. The molecule has 0 saturated carbocycles. The lowest BCUT2D eigenvalue weighted by atomic mass is 9.79. The summed E-state index contributed by atoms with van der Waals surface area (Å²) in [5.74, 6) is -0.364. The molecule has 2 aromatic rings. The fourth-order valence-corrected chi connectivity index (χ4v) is 4.33. The van der Waals surface area contributed by atoms with E-state index in [4.69, 9.17) is 4.74 Å². The van der Waals surface area contributed by atoms with E-state index in [2.05, 4.69) is 68.9 Å². The maximum Gasteiger partial charge on any atom is 0.330 e. The van der Waals surface area contributed by atoms with Crippen LogP contribution >= 0.6 is 0 Å². The molecule has 0 heterocycles. The maximum absolute atomic E-state index is 11.4. The lowest BCUT2D eigenvalue weighted by molar-refractivity contribution is -0.137. The molecule has 28 heavy (non-hydrogen) atoms. The van der Waals surface area contributed by atoms with E-state index in [1.165, 1.54) is 72.8 Å². The molecular formula is C26H34O2. The Bertz CT molecular complexity index is 903. The van der Waals surface area contributed by atoms with Crippen molar-refractivity contribution in [3.05, 3.63) is 68.3 Å². The van der Waals surface area contributed by atoms with Gasteiger partial charge in [0.25, 0.3) is 0 Å². The predicted octanol–water partition coefficient (Wildman–Crippen LogP) is 6.40. The smallest absolute Gasteiger partial charge is 0.330 e. The summed E-state index contributed by atoms with van der Waals surface area (Å²) in [4.78, 5) is 11.4. The van der Waals surface area contributed by atoms with Gasteiger partial charge in [0.15, 0.2) is 0 Å². The van der Waals surface area contributed by atoms with Gasteiger partial charge in [0.2, 0.25) is 0 Å². The highest BCUT2D eigenvalue weighted by Crippen LogP contribution is 2.40. The van der Waals surface area contributed by atoms with Crippen molar-refractivity contribution in [2.75, 3.05) is 6.61 Å². The number of benzene rings is 2. The molecule has 0 aliphatic carbocycles. The van der Waals surface area contributed by atoms with Gasteiger partial charge < -0.3 is 4.74 Å². The van der Waals surface area contributed by atoms with E-state index in [0.717, 1.165) is 6.42 Å². The van der Waals surface area contributed by atoms with Gasteiger partial charge in [0.1, 0.15) is 0 Å². The van der Waals surface area contributed by atoms with E-state index in [-0.39, 0.29) is 5.97 Å². The van der Waals surface area contributed by atoms with Crippen LogP contribution in [0.15, 0.2) is 12.7 Å². The third kappa shape index (κ3) is 3.65. The SMILES string of the molecule is C=CC(=O)OCCc1c(C)c(C)c(-c2c(C)c(C)c(C)c(C)c2C)c(C)c1C. The Morgan fingerprint density at radius 1 is 0.679 bits per heavy atom. The number of ether oxygens (including phenoxy) is 1. The zero-order chi connectivity index (χ0) is 21.3. The highest BCUT2D eigenvalue weighted by Gasteiger charge is 2.21. The number of esters is 1. The third-order valence-corrected chi connectivity index (χ3v) is 6.79. The van der Waals surface area contributed by atoms with Crippen LogP contribution in [0.25, 0.3) is 11.1 Å². The minimum Gasteiger partial charge on any atom is -0.462 e. The van der Waals surface area contributed by atoms with Crippen molar-refractivity contribution in [3.8, 4) is 11.1 Å². The number of rotatable bonds is 5. The molecule has 0 saturated heterocycles. The third-order valence-electron chi connectivity index (χ3n) is 6.79. The second kappa shape index (κ2) is 8.34. The van der Waals surface area contributed by atoms with E-state index in [0.29, 0.717) is 6.61 Å². The van der Waals surface area contributed by atoms with Crippen molar-refractivity contribution >= 4 is 5.97 Å². The second-order valence-electron chi connectivity index (χ2n) is 7.98. The van der Waals surface area contributed by atoms with Gasteiger partial charge in [-0.05, 0) is 129 Å². The van der Waals surface area contributed by atoms with Gasteiger partial charge in [-0.15, -0.1) is 0 Å². The highest BCUT2D eigenvalue weighted by molar-refractivity contribution is 5.82. The van der Waals surface area contributed by atoms with Gasteiger partial charge in [0.05, 0.1) is 6.61 Å². The molecular weight excluding hydrogens is 344 g/mol. The fraction of sp³-hybridized carbons (Fsp3) is 0.423. The molecule has 0 unspecified atom stereocenters. The summed E-state index contributed by atoms with van der Waals surface area (Å²) in [5, 5.41) is 0. The highest BCUT2D eigenvalue weighted by atomic mass is 16.5. The molecule has 0 spiro atoms. The van der Waals surface area contributed by atoms with Crippen molar-refractivity contribution < 1.29 is 9.53 Å². The monoisotopic (exact) mass is 378 g/mol. The van der Waals surface area contributed by atoms with E-state index in [9.17, 15) is 4.79 Å². The molecule has 2 heteroatoms. The fourth-order valence-electron chi connectivity index (χ4n) is 4.33. The van der Waals surface area contributed by atoms with Crippen LogP contribution in [0.2, 0.25) is 0 Å².